The maximum absolute atomic E-state index is 12.7. The Morgan fingerprint density at radius 1 is 0.972 bits per heavy atom. The van der Waals surface area contributed by atoms with Gasteiger partial charge in [0.25, 0.3) is 5.91 Å². The SMILES string of the molecule is O=C1N=C(N2CCOCC2)SC1Cc1cccc(-c2ccc(O)c(C34CC5CC(CC(C5)C3)C4)c2)c1. The number of carbonyl (C=O) groups excluding carboxylic acids is 1. The number of hydrogen-bond acceptors (Lipinski definition) is 5. The number of ether oxygens (including phenoxy) is 1. The van der Waals surface area contributed by atoms with Crippen molar-refractivity contribution >= 4 is 22.8 Å². The largest absolute Gasteiger partial charge is 0.508 e. The highest BCUT2D eigenvalue weighted by Gasteiger charge is 2.52. The first kappa shape index (κ1) is 22.9. The molecule has 2 aromatic rings. The molecule has 1 unspecified atom stereocenters. The zero-order valence-corrected chi connectivity index (χ0v) is 21.5. The highest BCUT2D eigenvalue weighted by Crippen LogP contribution is 2.62. The van der Waals surface area contributed by atoms with Crippen LogP contribution in [-0.4, -0.2) is 52.6 Å². The Kier molecular flexibility index (Phi) is 5.66. The molecule has 1 N–H and O–H groups in total. The fourth-order valence-corrected chi connectivity index (χ4v) is 9.23. The van der Waals surface area contributed by atoms with Gasteiger partial charge in [0, 0.05) is 18.7 Å². The van der Waals surface area contributed by atoms with Crippen LogP contribution in [0.1, 0.15) is 49.7 Å². The molecule has 4 saturated carbocycles. The van der Waals surface area contributed by atoms with Crippen LogP contribution < -0.4 is 0 Å². The smallest absolute Gasteiger partial charge is 0.262 e. The number of amidine groups is 1. The normalized spacial score (nSPS) is 33.3. The third kappa shape index (κ3) is 4.06. The molecule has 4 bridgehead atoms. The van der Waals surface area contributed by atoms with E-state index in [0.717, 1.165) is 52.7 Å². The summed E-state index contributed by atoms with van der Waals surface area (Å²) in [4.78, 5) is 19.2. The molecule has 2 heterocycles. The zero-order chi connectivity index (χ0) is 24.3. The molecular weight excluding hydrogens is 468 g/mol. The number of hydrogen-bond donors (Lipinski definition) is 1. The molecule has 36 heavy (non-hydrogen) atoms. The van der Waals surface area contributed by atoms with Crippen molar-refractivity contribution in [3.05, 3.63) is 53.6 Å². The number of carbonyl (C=O) groups is 1. The summed E-state index contributed by atoms with van der Waals surface area (Å²) < 4.78 is 5.44. The van der Waals surface area contributed by atoms with Gasteiger partial charge in [-0.1, -0.05) is 42.1 Å². The quantitative estimate of drug-likeness (QED) is 0.607. The molecular formula is C30H34N2O3S. The molecule has 0 radical (unpaired) electrons. The van der Waals surface area contributed by atoms with Crippen LogP contribution in [0.3, 0.4) is 0 Å². The number of aromatic hydroxyl groups is 1. The Balaban J connectivity index is 1.12. The van der Waals surface area contributed by atoms with Crippen molar-refractivity contribution < 1.29 is 14.6 Å². The van der Waals surface area contributed by atoms with Gasteiger partial charge in [-0.3, -0.25) is 4.79 Å². The second-order valence-electron chi connectivity index (χ2n) is 11.8. The van der Waals surface area contributed by atoms with Crippen LogP contribution in [0.15, 0.2) is 47.5 Å². The lowest BCUT2D eigenvalue weighted by molar-refractivity contribution is -0.117. The van der Waals surface area contributed by atoms with Gasteiger partial charge in [0.1, 0.15) is 5.75 Å². The van der Waals surface area contributed by atoms with E-state index in [4.69, 9.17) is 4.74 Å². The average molecular weight is 503 g/mol. The fourth-order valence-electron chi connectivity index (χ4n) is 8.07. The van der Waals surface area contributed by atoms with Gasteiger partial charge < -0.3 is 14.7 Å². The van der Waals surface area contributed by atoms with E-state index in [1.54, 1.807) is 11.8 Å². The van der Waals surface area contributed by atoms with Crippen LogP contribution in [0.4, 0.5) is 0 Å². The average Bonchev–Trinajstić information content (AvgIpc) is 3.24. The molecule has 2 aromatic carbocycles. The molecule has 1 atom stereocenters. The van der Waals surface area contributed by atoms with Crippen molar-refractivity contribution in [2.24, 2.45) is 22.7 Å². The molecule has 0 spiro atoms. The van der Waals surface area contributed by atoms with E-state index in [0.29, 0.717) is 25.4 Å². The number of amides is 1. The van der Waals surface area contributed by atoms with Crippen LogP contribution in [0.2, 0.25) is 0 Å². The predicted molar refractivity (Wildman–Crippen MR) is 143 cm³/mol. The lowest BCUT2D eigenvalue weighted by Gasteiger charge is -2.57. The molecule has 0 aromatic heterocycles. The van der Waals surface area contributed by atoms with E-state index in [9.17, 15) is 9.90 Å². The minimum absolute atomic E-state index is 0.0272. The summed E-state index contributed by atoms with van der Waals surface area (Å²) >= 11 is 1.60. The zero-order valence-electron chi connectivity index (χ0n) is 20.7. The minimum Gasteiger partial charge on any atom is -0.508 e. The maximum atomic E-state index is 12.7. The van der Waals surface area contributed by atoms with Crippen molar-refractivity contribution in [3.63, 3.8) is 0 Å². The highest BCUT2D eigenvalue weighted by atomic mass is 32.2. The van der Waals surface area contributed by atoms with Crippen molar-refractivity contribution in [2.75, 3.05) is 26.3 Å². The summed E-state index contributed by atoms with van der Waals surface area (Å²) in [7, 11) is 0. The lowest BCUT2D eigenvalue weighted by atomic mass is 9.48. The summed E-state index contributed by atoms with van der Waals surface area (Å²) in [5.74, 6) is 2.97. The van der Waals surface area contributed by atoms with Crippen LogP contribution in [0.5, 0.6) is 5.75 Å². The molecule has 8 rings (SSSR count). The first-order valence-corrected chi connectivity index (χ1v) is 14.5. The molecule has 6 aliphatic rings. The van der Waals surface area contributed by atoms with Crippen LogP contribution in [-0.2, 0) is 21.4 Å². The molecule has 4 aliphatic carbocycles. The van der Waals surface area contributed by atoms with Crippen LogP contribution in [0, 0.1) is 17.8 Å². The Morgan fingerprint density at radius 3 is 2.39 bits per heavy atom. The molecule has 188 valence electrons. The van der Waals surface area contributed by atoms with Gasteiger partial charge in [-0.15, -0.1) is 0 Å². The third-order valence-corrected chi connectivity index (χ3v) is 10.5. The fraction of sp³-hybridized carbons (Fsp3) is 0.533. The van der Waals surface area contributed by atoms with Crippen molar-refractivity contribution in [1.29, 1.82) is 0 Å². The summed E-state index contributed by atoms with van der Waals surface area (Å²) in [5, 5.41) is 11.7. The van der Waals surface area contributed by atoms with Gasteiger partial charge >= 0.3 is 0 Å². The predicted octanol–water partition coefficient (Wildman–Crippen LogP) is 5.40. The van der Waals surface area contributed by atoms with Gasteiger partial charge in [-0.2, -0.15) is 4.99 Å². The Bertz CT molecular complexity index is 1180. The minimum atomic E-state index is -0.166. The van der Waals surface area contributed by atoms with Crippen LogP contribution in [0.25, 0.3) is 11.1 Å². The van der Waals surface area contributed by atoms with Crippen LogP contribution >= 0.6 is 11.8 Å². The number of nitrogens with zero attached hydrogens (tertiary/aromatic N) is 2. The molecule has 6 heteroatoms. The van der Waals surface area contributed by atoms with Crippen molar-refractivity contribution in [1.82, 2.24) is 4.90 Å². The standard InChI is InChI=1S/C30H34N2O3S/c33-26-5-4-24(15-25(26)30-16-20-10-21(17-30)12-22(11-20)18-30)23-3-1-2-19(13-23)14-27-28(34)31-29(36-27)32-6-8-35-9-7-32/h1-5,13,15,20-22,27,33H,6-12,14,16-18H2. The summed E-state index contributed by atoms with van der Waals surface area (Å²) in [6.45, 7) is 2.99. The third-order valence-electron chi connectivity index (χ3n) is 9.30. The summed E-state index contributed by atoms with van der Waals surface area (Å²) in [6.07, 6.45) is 8.59. The number of phenolic OH excluding ortho intramolecular Hbond substituents is 1. The molecule has 5 nitrogen and oxygen atoms in total. The number of aliphatic imine (C=N–C) groups is 1. The second-order valence-corrected chi connectivity index (χ2v) is 12.9. The molecule has 1 amide bonds. The number of benzene rings is 2. The highest BCUT2D eigenvalue weighted by molar-refractivity contribution is 8.15. The number of morpholine rings is 1. The molecule has 1 saturated heterocycles. The second kappa shape index (κ2) is 8.91. The van der Waals surface area contributed by atoms with Gasteiger partial charge in [0.15, 0.2) is 5.17 Å². The Morgan fingerprint density at radius 2 is 1.67 bits per heavy atom. The summed E-state index contributed by atoms with van der Waals surface area (Å²) in [5.41, 5.74) is 4.81. The topological polar surface area (TPSA) is 62.1 Å². The summed E-state index contributed by atoms with van der Waals surface area (Å²) in [6, 6.07) is 14.8. The van der Waals surface area contributed by atoms with Crippen molar-refractivity contribution in [3.8, 4) is 16.9 Å². The number of phenols is 1. The van der Waals surface area contributed by atoms with Gasteiger partial charge in [-0.05, 0) is 96.9 Å². The van der Waals surface area contributed by atoms with Gasteiger partial charge in [0.05, 0.1) is 18.5 Å². The number of rotatable bonds is 4. The van der Waals surface area contributed by atoms with E-state index < -0.39 is 0 Å². The van der Waals surface area contributed by atoms with E-state index in [1.807, 2.05) is 12.1 Å². The number of thioether (sulfide) groups is 1. The Hall–Kier alpha value is -2.31. The molecule has 2 aliphatic heterocycles. The monoisotopic (exact) mass is 502 g/mol. The van der Waals surface area contributed by atoms with E-state index in [1.165, 1.54) is 44.1 Å². The van der Waals surface area contributed by atoms with E-state index in [2.05, 4.69) is 40.2 Å². The lowest BCUT2D eigenvalue weighted by Crippen LogP contribution is -2.48. The first-order valence-electron chi connectivity index (χ1n) is 13.6. The molecule has 5 fully saturated rings. The van der Waals surface area contributed by atoms with Gasteiger partial charge in [-0.25, -0.2) is 0 Å². The van der Waals surface area contributed by atoms with Gasteiger partial charge in [0.2, 0.25) is 0 Å². The maximum Gasteiger partial charge on any atom is 0.262 e. The van der Waals surface area contributed by atoms with E-state index >= 15 is 0 Å². The Labute approximate surface area is 217 Å². The van der Waals surface area contributed by atoms with Crippen molar-refractivity contribution in [2.45, 2.75) is 55.6 Å². The van der Waals surface area contributed by atoms with E-state index in [-0.39, 0.29) is 16.6 Å². The first-order chi connectivity index (χ1) is 17.5.